The maximum Gasteiger partial charge on any atom is 0.338 e. The van der Waals surface area contributed by atoms with Crippen molar-refractivity contribution in [3.05, 3.63) is 117 Å². The Morgan fingerprint density at radius 1 is 1.07 bits per heavy atom. The van der Waals surface area contributed by atoms with Crippen molar-refractivity contribution in [2.45, 2.75) is 53.4 Å². The number of hydrogen-bond donors (Lipinski definition) is 0. The van der Waals surface area contributed by atoms with E-state index in [9.17, 15) is 9.59 Å². The standard InChI is InChI=1S/C35H34ClIN2O6S/c1-6-42-28-17-23(16-26(36)32(28)44-19-22-12-14-24(37)15-13-22)18-29-33(40)39-31(25-10-8-9-11-27(25)45-20(3)4)30(34(41)43-7-2)21(5)38-35(39)46-29/h8-18,20,31H,6-7,19H2,1-5H3/b29-18+/t31-/m0/s1. The number of fused-ring (bicyclic) bond motifs is 1. The molecule has 0 N–H and O–H groups in total. The van der Waals surface area contributed by atoms with Crippen LogP contribution < -0.4 is 29.1 Å². The van der Waals surface area contributed by atoms with Crippen LogP contribution in [0.5, 0.6) is 17.2 Å². The minimum Gasteiger partial charge on any atom is -0.491 e. The quantitative estimate of drug-likeness (QED) is 0.123. The normalized spacial score (nSPS) is 14.6. The van der Waals surface area contributed by atoms with Crippen LogP contribution in [0.1, 0.15) is 57.4 Å². The van der Waals surface area contributed by atoms with Gasteiger partial charge in [0.15, 0.2) is 16.3 Å². The molecule has 1 atom stereocenters. The lowest BCUT2D eigenvalue weighted by atomic mass is 9.95. The molecule has 0 saturated heterocycles. The number of para-hydroxylation sites is 1. The molecule has 0 saturated carbocycles. The van der Waals surface area contributed by atoms with Gasteiger partial charge in [0, 0.05) is 9.13 Å². The van der Waals surface area contributed by atoms with Gasteiger partial charge in [0.05, 0.1) is 40.1 Å². The summed E-state index contributed by atoms with van der Waals surface area (Å²) in [5.74, 6) is 0.939. The molecule has 5 rings (SSSR count). The van der Waals surface area contributed by atoms with E-state index in [2.05, 4.69) is 27.6 Å². The van der Waals surface area contributed by atoms with Crippen LogP contribution in [0, 0.1) is 3.57 Å². The number of ether oxygens (including phenoxy) is 4. The van der Waals surface area contributed by atoms with Crippen LogP contribution >= 0.6 is 45.5 Å². The van der Waals surface area contributed by atoms with E-state index in [-0.39, 0.29) is 23.8 Å². The number of benzene rings is 3. The second-order valence-corrected chi connectivity index (χ2v) is 13.3. The van der Waals surface area contributed by atoms with Crippen molar-refractivity contribution in [1.82, 2.24) is 4.57 Å². The van der Waals surface area contributed by atoms with Crippen LogP contribution in [0.3, 0.4) is 0 Å². The van der Waals surface area contributed by atoms with E-state index in [4.69, 9.17) is 30.5 Å². The fourth-order valence-corrected chi connectivity index (χ4v) is 6.80. The first-order valence-corrected chi connectivity index (χ1v) is 17.2. The number of esters is 1. The highest BCUT2D eigenvalue weighted by atomic mass is 127. The molecule has 1 aliphatic heterocycles. The summed E-state index contributed by atoms with van der Waals surface area (Å²) in [5, 5.41) is 0.355. The molecule has 0 amide bonds. The van der Waals surface area contributed by atoms with Gasteiger partial charge < -0.3 is 18.9 Å². The topological polar surface area (TPSA) is 88.4 Å². The maximum atomic E-state index is 14.2. The molecule has 0 fully saturated rings. The van der Waals surface area contributed by atoms with Crippen LogP contribution in [-0.2, 0) is 16.1 Å². The first-order chi connectivity index (χ1) is 22.1. The summed E-state index contributed by atoms with van der Waals surface area (Å²) in [6, 6.07) is 18.2. The molecule has 4 aromatic rings. The predicted octanol–water partition coefficient (Wildman–Crippen LogP) is 6.82. The van der Waals surface area contributed by atoms with Crippen molar-refractivity contribution in [3.63, 3.8) is 0 Å². The molecular formula is C35H34ClIN2O6S. The number of nitrogens with zero attached hydrogens (tertiary/aromatic N) is 2. The van der Waals surface area contributed by atoms with Gasteiger partial charge in [-0.2, -0.15) is 0 Å². The maximum absolute atomic E-state index is 14.2. The molecule has 8 nitrogen and oxygen atoms in total. The van der Waals surface area contributed by atoms with Gasteiger partial charge in [-0.05, 0) is 105 Å². The van der Waals surface area contributed by atoms with Crippen LogP contribution in [0.4, 0.5) is 0 Å². The van der Waals surface area contributed by atoms with Gasteiger partial charge in [0.25, 0.3) is 5.56 Å². The first kappa shape index (κ1) is 33.7. The van der Waals surface area contributed by atoms with Crippen molar-refractivity contribution >= 4 is 57.6 Å². The van der Waals surface area contributed by atoms with Gasteiger partial charge in [0.1, 0.15) is 18.4 Å². The number of carbonyl (C=O) groups excluding carboxylic acids is 1. The van der Waals surface area contributed by atoms with Crippen LogP contribution in [0.25, 0.3) is 6.08 Å². The van der Waals surface area contributed by atoms with Crippen molar-refractivity contribution in [2.24, 2.45) is 4.99 Å². The van der Waals surface area contributed by atoms with E-state index in [1.165, 1.54) is 11.3 Å². The molecule has 1 aromatic heterocycles. The van der Waals surface area contributed by atoms with Crippen LogP contribution in [-0.4, -0.2) is 29.9 Å². The Morgan fingerprint density at radius 3 is 2.50 bits per heavy atom. The molecule has 11 heteroatoms. The fraction of sp³-hybridized carbons (Fsp3) is 0.286. The number of carbonyl (C=O) groups is 1. The van der Waals surface area contributed by atoms with Gasteiger partial charge in [0.2, 0.25) is 0 Å². The van der Waals surface area contributed by atoms with Crippen molar-refractivity contribution in [2.75, 3.05) is 13.2 Å². The van der Waals surface area contributed by atoms with Gasteiger partial charge in [-0.3, -0.25) is 9.36 Å². The average molecular weight is 773 g/mol. The summed E-state index contributed by atoms with van der Waals surface area (Å²) in [4.78, 5) is 32.7. The highest BCUT2D eigenvalue weighted by Crippen LogP contribution is 2.38. The zero-order valence-electron chi connectivity index (χ0n) is 26.1. The van der Waals surface area contributed by atoms with Crippen molar-refractivity contribution in [3.8, 4) is 17.2 Å². The molecule has 2 heterocycles. The Morgan fingerprint density at radius 2 is 1.80 bits per heavy atom. The number of halogens is 2. The van der Waals surface area contributed by atoms with Crippen molar-refractivity contribution in [1.29, 1.82) is 0 Å². The van der Waals surface area contributed by atoms with E-state index < -0.39 is 12.0 Å². The lowest BCUT2D eigenvalue weighted by molar-refractivity contribution is -0.139. The Kier molecular flexibility index (Phi) is 10.9. The summed E-state index contributed by atoms with van der Waals surface area (Å²) in [7, 11) is 0. The predicted molar refractivity (Wildman–Crippen MR) is 189 cm³/mol. The van der Waals surface area contributed by atoms with E-state index in [1.54, 1.807) is 36.6 Å². The van der Waals surface area contributed by atoms with Gasteiger partial charge in [-0.1, -0.05) is 53.3 Å². The molecule has 0 radical (unpaired) electrons. The third-order valence-corrected chi connectivity index (χ3v) is 9.00. The Balaban J connectivity index is 1.61. The lowest BCUT2D eigenvalue weighted by Crippen LogP contribution is -2.40. The van der Waals surface area contributed by atoms with E-state index >= 15 is 0 Å². The Hall–Kier alpha value is -3.61. The average Bonchev–Trinajstić information content (AvgIpc) is 3.31. The van der Waals surface area contributed by atoms with Crippen molar-refractivity contribution < 1.29 is 23.7 Å². The molecule has 0 bridgehead atoms. The summed E-state index contributed by atoms with van der Waals surface area (Å²) < 4.78 is 26.7. The fourth-order valence-electron chi connectivity index (χ4n) is 5.12. The number of rotatable bonds is 11. The second-order valence-electron chi connectivity index (χ2n) is 10.7. The molecule has 0 spiro atoms. The van der Waals surface area contributed by atoms with Gasteiger partial charge in [-0.15, -0.1) is 0 Å². The molecule has 46 heavy (non-hydrogen) atoms. The Labute approximate surface area is 290 Å². The largest absolute Gasteiger partial charge is 0.491 e. The number of hydrogen-bond acceptors (Lipinski definition) is 8. The minimum atomic E-state index is -0.799. The number of aromatic nitrogens is 1. The minimum absolute atomic E-state index is 0.124. The molecule has 240 valence electrons. The summed E-state index contributed by atoms with van der Waals surface area (Å²) in [6.45, 7) is 10.1. The molecule has 3 aromatic carbocycles. The SMILES string of the molecule is CCOC(=O)C1=C(C)N=c2s/c(=C/c3cc(Cl)c(OCc4ccc(I)cc4)c(OCC)c3)c(=O)n2[C@H]1c1ccccc1OC(C)C. The van der Waals surface area contributed by atoms with Crippen LogP contribution in [0.15, 0.2) is 81.7 Å². The molecule has 0 aliphatic carbocycles. The number of thiazole rings is 1. The monoisotopic (exact) mass is 772 g/mol. The highest BCUT2D eigenvalue weighted by Gasteiger charge is 2.35. The summed E-state index contributed by atoms with van der Waals surface area (Å²) in [5.41, 5.74) is 2.77. The second kappa shape index (κ2) is 14.9. The molecule has 1 aliphatic rings. The van der Waals surface area contributed by atoms with Crippen LogP contribution in [0.2, 0.25) is 5.02 Å². The first-order valence-electron chi connectivity index (χ1n) is 14.9. The summed E-state index contributed by atoms with van der Waals surface area (Å²) in [6.07, 6.45) is 1.62. The lowest BCUT2D eigenvalue weighted by Gasteiger charge is -2.26. The van der Waals surface area contributed by atoms with E-state index in [0.29, 0.717) is 61.6 Å². The smallest absolute Gasteiger partial charge is 0.338 e. The number of allylic oxidation sites excluding steroid dienone is 1. The van der Waals surface area contributed by atoms with Gasteiger partial charge >= 0.3 is 5.97 Å². The molecular weight excluding hydrogens is 739 g/mol. The molecule has 0 unspecified atom stereocenters. The van der Waals surface area contributed by atoms with Gasteiger partial charge in [-0.25, -0.2) is 9.79 Å². The third kappa shape index (κ3) is 7.34. The highest BCUT2D eigenvalue weighted by molar-refractivity contribution is 14.1. The zero-order chi connectivity index (χ0) is 33.0. The van der Waals surface area contributed by atoms with E-state index in [1.807, 2.05) is 69.3 Å². The third-order valence-electron chi connectivity index (χ3n) is 7.02. The van der Waals surface area contributed by atoms with E-state index in [0.717, 1.165) is 9.13 Å². The zero-order valence-corrected chi connectivity index (χ0v) is 29.9. The summed E-state index contributed by atoms with van der Waals surface area (Å²) >= 11 is 10.2. The Bertz CT molecular complexity index is 1970.